The summed E-state index contributed by atoms with van der Waals surface area (Å²) in [4.78, 5) is 19.3. The normalized spacial score (nSPS) is 14.3. The van der Waals surface area contributed by atoms with Crippen molar-refractivity contribution in [1.29, 1.82) is 0 Å². The number of fused-ring (bicyclic) bond motifs is 1. The predicted octanol–water partition coefficient (Wildman–Crippen LogP) is 5.24. The van der Waals surface area contributed by atoms with Gasteiger partial charge in [0.25, 0.3) is 5.91 Å². The first-order chi connectivity index (χ1) is 13.5. The van der Waals surface area contributed by atoms with Gasteiger partial charge >= 0.3 is 0 Å². The number of pyridine rings is 1. The van der Waals surface area contributed by atoms with Crippen molar-refractivity contribution in [2.45, 2.75) is 26.2 Å². The molecule has 0 aliphatic carbocycles. The van der Waals surface area contributed by atoms with E-state index in [9.17, 15) is 13.6 Å². The molecule has 2 heterocycles. The van der Waals surface area contributed by atoms with Crippen molar-refractivity contribution in [1.82, 2.24) is 9.88 Å². The fourth-order valence-electron chi connectivity index (χ4n) is 3.62. The molecular weight excluding hydrogens is 362 g/mol. The minimum Gasteiger partial charge on any atom is -0.438 e. The largest absolute Gasteiger partial charge is 0.438 e. The Labute approximate surface area is 161 Å². The van der Waals surface area contributed by atoms with Crippen LogP contribution in [-0.2, 0) is 0 Å². The van der Waals surface area contributed by atoms with E-state index < -0.39 is 11.6 Å². The van der Waals surface area contributed by atoms with Crippen LogP contribution in [0.1, 0.15) is 35.2 Å². The van der Waals surface area contributed by atoms with Gasteiger partial charge in [-0.25, -0.2) is 13.8 Å². The van der Waals surface area contributed by atoms with Crippen LogP contribution in [0.2, 0.25) is 0 Å². The highest BCUT2D eigenvalue weighted by molar-refractivity contribution is 6.09. The lowest BCUT2D eigenvalue weighted by molar-refractivity contribution is 0.0726. The van der Waals surface area contributed by atoms with Gasteiger partial charge in [-0.15, -0.1) is 0 Å². The van der Waals surface area contributed by atoms with Crippen LogP contribution < -0.4 is 4.74 Å². The van der Waals surface area contributed by atoms with Gasteiger partial charge in [0.2, 0.25) is 5.88 Å². The Hall–Kier alpha value is -3.02. The lowest BCUT2D eigenvalue weighted by atomic mass is 10.0. The smallest absolute Gasteiger partial charge is 0.256 e. The third-order valence-electron chi connectivity index (χ3n) is 5.06. The number of carbonyl (C=O) groups is 1. The number of hydrogen-bond acceptors (Lipinski definition) is 3. The number of nitrogens with zero attached hydrogens (tertiary/aromatic N) is 2. The van der Waals surface area contributed by atoms with Gasteiger partial charge in [0.05, 0.1) is 5.56 Å². The summed E-state index contributed by atoms with van der Waals surface area (Å²) in [6, 6.07) is 8.92. The van der Waals surface area contributed by atoms with Gasteiger partial charge in [0.1, 0.15) is 5.75 Å². The van der Waals surface area contributed by atoms with Crippen LogP contribution >= 0.6 is 0 Å². The van der Waals surface area contributed by atoms with Gasteiger partial charge in [0, 0.05) is 36.1 Å². The zero-order chi connectivity index (χ0) is 19.7. The van der Waals surface area contributed by atoms with Crippen LogP contribution in [0, 0.1) is 18.6 Å². The molecule has 0 atom stereocenters. The maximum atomic E-state index is 13.5. The molecule has 0 spiro atoms. The van der Waals surface area contributed by atoms with Crippen LogP contribution in [0.4, 0.5) is 8.78 Å². The molecule has 0 unspecified atom stereocenters. The maximum absolute atomic E-state index is 13.5. The second-order valence-corrected chi connectivity index (χ2v) is 7.01. The van der Waals surface area contributed by atoms with Crippen LogP contribution in [-0.4, -0.2) is 28.9 Å². The predicted molar refractivity (Wildman–Crippen MR) is 103 cm³/mol. The number of benzene rings is 2. The van der Waals surface area contributed by atoms with E-state index in [2.05, 4.69) is 4.98 Å². The highest BCUT2D eigenvalue weighted by atomic mass is 19.2. The lowest BCUT2D eigenvalue weighted by Gasteiger charge is -2.27. The Bertz CT molecular complexity index is 1050. The quantitative estimate of drug-likeness (QED) is 0.622. The minimum atomic E-state index is -0.991. The summed E-state index contributed by atoms with van der Waals surface area (Å²) in [5, 5.41) is 1.43. The Kier molecular flexibility index (Phi) is 4.94. The zero-order valence-electron chi connectivity index (χ0n) is 15.5. The summed E-state index contributed by atoms with van der Waals surface area (Å²) < 4.78 is 32.4. The van der Waals surface area contributed by atoms with E-state index in [1.54, 1.807) is 0 Å². The van der Waals surface area contributed by atoms with Crippen LogP contribution in [0.15, 0.2) is 42.6 Å². The van der Waals surface area contributed by atoms with Crippen LogP contribution in [0.3, 0.4) is 0 Å². The number of piperidine rings is 1. The van der Waals surface area contributed by atoms with E-state index in [1.165, 1.54) is 12.3 Å². The van der Waals surface area contributed by atoms with Crippen molar-refractivity contribution in [3.63, 3.8) is 0 Å². The van der Waals surface area contributed by atoms with Crippen molar-refractivity contribution < 1.29 is 18.3 Å². The van der Waals surface area contributed by atoms with E-state index in [1.807, 2.05) is 30.0 Å². The maximum Gasteiger partial charge on any atom is 0.256 e. The van der Waals surface area contributed by atoms with Crippen LogP contribution in [0.5, 0.6) is 11.6 Å². The zero-order valence-corrected chi connectivity index (χ0v) is 15.5. The highest BCUT2D eigenvalue weighted by Gasteiger charge is 2.22. The second kappa shape index (κ2) is 7.54. The molecular formula is C22H20F2N2O2. The summed E-state index contributed by atoms with van der Waals surface area (Å²) >= 11 is 0. The average molecular weight is 382 g/mol. The number of hydrogen-bond donors (Lipinski definition) is 0. The first kappa shape index (κ1) is 18.3. The van der Waals surface area contributed by atoms with Crippen molar-refractivity contribution in [3.05, 3.63) is 65.4 Å². The molecule has 0 radical (unpaired) electrons. The minimum absolute atomic E-state index is 0.0362. The van der Waals surface area contributed by atoms with Crippen molar-refractivity contribution in [2.75, 3.05) is 13.1 Å². The lowest BCUT2D eigenvalue weighted by Crippen LogP contribution is -2.35. The fourth-order valence-corrected chi connectivity index (χ4v) is 3.62. The van der Waals surface area contributed by atoms with Crippen molar-refractivity contribution >= 4 is 16.7 Å². The first-order valence-corrected chi connectivity index (χ1v) is 9.35. The van der Waals surface area contributed by atoms with Crippen molar-refractivity contribution in [3.8, 4) is 11.6 Å². The molecule has 0 saturated carbocycles. The summed E-state index contributed by atoms with van der Waals surface area (Å²) in [5.74, 6) is -1.58. The van der Waals surface area contributed by atoms with E-state index in [4.69, 9.17) is 4.74 Å². The highest BCUT2D eigenvalue weighted by Crippen LogP contribution is 2.33. The molecule has 144 valence electrons. The van der Waals surface area contributed by atoms with Gasteiger partial charge < -0.3 is 9.64 Å². The molecule has 4 nitrogen and oxygen atoms in total. The number of ether oxygens (including phenoxy) is 1. The Morgan fingerprint density at radius 1 is 1.07 bits per heavy atom. The molecule has 0 bridgehead atoms. The molecule has 6 heteroatoms. The van der Waals surface area contributed by atoms with E-state index in [0.717, 1.165) is 55.4 Å². The number of likely N-dealkylation sites (tertiary alicyclic amines) is 1. The number of halogens is 2. The van der Waals surface area contributed by atoms with Gasteiger partial charge in [-0.3, -0.25) is 4.79 Å². The standard InChI is InChI=1S/C22H20F2N2O2/c1-14-6-5-7-16-20(14)17(22(27)26-10-3-2-4-11-26)13-25-21(16)28-15-8-9-18(23)19(24)12-15/h5-9,12-13H,2-4,10-11H2,1H3. The first-order valence-electron chi connectivity index (χ1n) is 9.35. The molecule has 28 heavy (non-hydrogen) atoms. The molecule has 1 amide bonds. The summed E-state index contributed by atoms with van der Waals surface area (Å²) in [6.45, 7) is 3.43. The van der Waals surface area contributed by atoms with E-state index >= 15 is 0 Å². The third-order valence-corrected chi connectivity index (χ3v) is 5.06. The van der Waals surface area contributed by atoms with Gasteiger partial charge in [-0.1, -0.05) is 12.1 Å². The van der Waals surface area contributed by atoms with E-state index in [-0.39, 0.29) is 17.5 Å². The third kappa shape index (κ3) is 3.42. The van der Waals surface area contributed by atoms with Gasteiger partial charge in [-0.05, 0) is 49.9 Å². The number of aromatic nitrogens is 1. The molecule has 1 aliphatic rings. The molecule has 1 aliphatic heterocycles. The number of carbonyl (C=O) groups excluding carboxylic acids is 1. The van der Waals surface area contributed by atoms with Crippen LogP contribution in [0.25, 0.3) is 10.8 Å². The molecule has 4 rings (SSSR count). The second-order valence-electron chi connectivity index (χ2n) is 7.01. The molecule has 1 fully saturated rings. The van der Waals surface area contributed by atoms with E-state index in [0.29, 0.717) is 10.9 Å². The Morgan fingerprint density at radius 2 is 1.86 bits per heavy atom. The summed E-state index contributed by atoms with van der Waals surface area (Å²) in [7, 11) is 0. The average Bonchev–Trinajstić information content (AvgIpc) is 2.71. The van der Waals surface area contributed by atoms with Crippen molar-refractivity contribution in [2.24, 2.45) is 0 Å². The molecule has 1 saturated heterocycles. The summed E-state index contributed by atoms with van der Waals surface area (Å²) in [6.07, 6.45) is 4.67. The molecule has 3 aromatic rings. The summed E-state index contributed by atoms with van der Waals surface area (Å²) in [5.41, 5.74) is 1.46. The molecule has 1 aromatic heterocycles. The Balaban J connectivity index is 1.76. The molecule has 0 N–H and O–H groups in total. The SMILES string of the molecule is Cc1cccc2c(Oc3ccc(F)c(F)c3)ncc(C(=O)N3CCCCC3)c12. The molecule has 2 aromatic carbocycles. The topological polar surface area (TPSA) is 42.4 Å². The monoisotopic (exact) mass is 382 g/mol. The fraction of sp³-hybridized carbons (Fsp3) is 0.273. The number of aryl methyl sites for hydroxylation is 1. The van der Waals surface area contributed by atoms with Gasteiger partial charge in [0.15, 0.2) is 11.6 Å². The van der Waals surface area contributed by atoms with Gasteiger partial charge in [-0.2, -0.15) is 0 Å². The Morgan fingerprint density at radius 3 is 2.61 bits per heavy atom. The number of amides is 1. The number of rotatable bonds is 3.